The van der Waals surface area contributed by atoms with Gasteiger partial charge in [0.25, 0.3) is 0 Å². The SMILES string of the molecule is Cc1ccc2c(c1)C1CC1C=C2. The van der Waals surface area contributed by atoms with Crippen LogP contribution in [0.15, 0.2) is 24.3 Å². The van der Waals surface area contributed by atoms with Crippen molar-refractivity contribution in [3.63, 3.8) is 0 Å². The highest BCUT2D eigenvalue weighted by Crippen LogP contribution is 2.52. The van der Waals surface area contributed by atoms with Gasteiger partial charge in [-0.1, -0.05) is 35.9 Å². The third-order valence-corrected chi connectivity index (χ3v) is 3.00. The van der Waals surface area contributed by atoms with Crippen molar-refractivity contribution in [3.05, 3.63) is 41.0 Å². The molecule has 2 unspecified atom stereocenters. The molecule has 0 aliphatic heterocycles. The van der Waals surface area contributed by atoms with Crippen LogP contribution in [0.3, 0.4) is 0 Å². The van der Waals surface area contributed by atoms with Crippen molar-refractivity contribution < 1.29 is 0 Å². The van der Waals surface area contributed by atoms with Gasteiger partial charge in [-0.3, -0.25) is 0 Å². The molecule has 0 aromatic heterocycles. The summed E-state index contributed by atoms with van der Waals surface area (Å²) in [5, 5.41) is 0. The Morgan fingerprint density at radius 2 is 2.25 bits per heavy atom. The Labute approximate surface area is 72.9 Å². The van der Waals surface area contributed by atoms with Crippen molar-refractivity contribution in [3.8, 4) is 0 Å². The van der Waals surface area contributed by atoms with Gasteiger partial charge in [-0.25, -0.2) is 0 Å². The van der Waals surface area contributed by atoms with Gasteiger partial charge in [0.05, 0.1) is 0 Å². The van der Waals surface area contributed by atoms with Crippen LogP contribution in [0.1, 0.15) is 29.0 Å². The van der Waals surface area contributed by atoms with E-state index in [1.165, 1.54) is 17.5 Å². The van der Waals surface area contributed by atoms with Crippen LogP contribution in [0.5, 0.6) is 0 Å². The summed E-state index contributed by atoms with van der Waals surface area (Å²) in [5.41, 5.74) is 4.43. The molecule has 60 valence electrons. The number of fused-ring (bicyclic) bond motifs is 3. The molecule has 0 spiro atoms. The predicted octanol–water partition coefficient (Wildman–Crippen LogP) is 3.13. The number of rotatable bonds is 0. The normalized spacial score (nSPS) is 29.4. The zero-order valence-corrected chi connectivity index (χ0v) is 7.25. The standard InChI is InChI=1S/C12H12/c1-8-2-3-9-4-5-10-7-12(10)11(9)6-8/h2-6,10,12H,7H2,1H3. The van der Waals surface area contributed by atoms with E-state index in [9.17, 15) is 0 Å². The Kier molecular flexibility index (Phi) is 1.08. The van der Waals surface area contributed by atoms with Crippen LogP contribution in [-0.2, 0) is 0 Å². The van der Waals surface area contributed by atoms with E-state index < -0.39 is 0 Å². The minimum absolute atomic E-state index is 0.866. The number of aryl methyl sites for hydroxylation is 1. The van der Waals surface area contributed by atoms with Gasteiger partial charge in [0.2, 0.25) is 0 Å². The van der Waals surface area contributed by atoms with Gasteiger partial charge in [0, 0.05) is 0 Å². The highest BCUT2D eigenvalue weighted by molar-refractivity contribution is 5.61. The van der Waals surface area contributed by atoms with Crippen LogP contribution in [0.2, 0.25) is 0 Å². The Bertz CT molecular complexity index is 360. The molecule has 0 saturated heterocycles. The van der Waals surface area contributed by atoms with Gasteiger partial charge in [-0.2, -0.15) is 0 Å². The van der Waals surface area contributed by atoms with Crippen LogP contribution in [0, 0.1) is 12.8 Å². The van der Waals surface area contributed by atoms with Gasteiger partial charge in [-0.05, 0) is 36.3 Å². The fourth-order valence-electron chi connectivity index (χ4n) is 2.18. The largest absolute Gasteiger partial charge is 0.0802 e. The van der Waals surface area contributed by atoms with Crippen LogP contribution in [0.25, 0.3) is 6.08 Å². The van der Waals surface area contributed by atoms with E-state index in [0.717, 1.165) is 11.8 Å². The zero-order valence-electron chi connectivity index (χ0n) is 7.25. The molecule has 2 aliphatic rings. The molecule has 0 amide bonds. The molecule has 1 fully saturated rings. The molecular weight excluding hydrogens is 144 g/mol. The average Bonchev–Trinajstić information content (AvgIpc) is 2.82. The van der Waals surface area contributed by atoms with E-state index >= 15 is 0 Å². The van der Waals surface area contributed by atoms with Crippen LogP contribution >= 0.6 is 0 Å². The van der Waals surface area contributed by atoms with E-state index in [4.69, 9.17) is 0 Å². The monoisotopic (exact) mass is 156 g/mol. The number of hydrogen-bond donors (Lipinski definition) is 0. The molecule has 2 atom stereocenters. The number of benzene rings is 1. The lowest BCUT2D eigenvalue weighted by molar-refractivity contribution is 0.993. The van der Waals surface area contributed by atoms with E-state index in [-0.39, 0.29) is 0 Å². The van der Waals surface area contributed by atoms with Crippen LogP contribution in [0.4, 0.5) is 0 Å². The average molecular weight is 156 g/mol. The third-order valence-electron chi connectivity index (χ3n) is 3.00. The molecule has 0 radical (unpaired) electrons. The van der Waals surface area contributed by atoms with Crippen LogP contribution in [-0.4, -0.2) is 0 Å². The van der Waals surface area contributed by atoms with E-state index in [1.54, 1.807) is 5.56 Å². The summed E-state index contributed by atoms with van der Waals surface area (Å²) in [4.78, 5) is 0. The molecule has 3 rings (SSSR count). The van der Waals surface area contributed by atoms with Gasteiger partial charge < -0.3 is 0 Å². The number of allylic oxidation sites excluding steroid dienone is 1. The minimum atomic E-state index is 0.866. The molecule has 0 nitrogen and oxygen atoms in total. The summed E-state index contributed by atoms with van der Waals surface area (Å²) in [5.74, 6) is 1.74. The van der Waals surface area contributed by atoms with Gasteiger partial charge in [0.1, 0.15) is 0 Å². The number of hydrogen-bond acceptors (Lipinski definition) is 0. The summed E-state index contributed by atoms with van der Waals surface area (Å²) < 4.78 is 0. The fraction of sp³-hybridized carbons (Fsp3) is 0.333. The molecule has 1 aromatic rings. The van der Waals surface area contributed by atoms with Gasteiger partial charge >= 0.3 is 0 Å². The Hall–Kier alpha value is -1.04. The Balaban J connectivity index is 2.22. The fourth-order valence-corrected chi connectivity index (χ4v) is 2.18. The summed E-state index contributed by atoms with van der Waals surface area (Å²) in [6, 6.07) is 6.80. The Morgan fingerprint density at radius 3 is 3.17 bits per heavy atom. The molecule has 0 heteroatoms. The molecule has 1 saturated carbocycles. The minimum Gasteiger partial charge on any atom is -0.0802 e. The first-order valence-electron chi connectivity index (χ1n) is 4.63. The van der Waals surface area contributed by atoms with Gasteiger partial charge in [-0.15, -0.1) is 0 Å². The van der Waals surface area contributed by atoms with E-state index in [2.05, 4.69) is 37.3 Å². The lowest BCUT2D eigenvalue weighted by Gasteiger charge is -2.09. The third kappa shape index (κ3) is 0.781. The molecule has 1 aromatic carbocycles. The van der Waals surface area contributed by atoms with Crippen molar-refractivity contribution in [1.29, 1.82) is 0 Å². The predicted molar refractivity (Wildman–Crippen MR) is 51.1 cm³/mol. The lowest BCUT2D eigenvalue weighted by atomic mass is 9.95. The first kappa shape index (κ1) is 6.47. The first-order valence-corrected chi connectivity index (χ1v) is 4.63. The van der Waals surface area contributed by atoms with Crippen molar-refractivity contribution in [1.82, 2.24) is 0 Å². The summed E-state index contributed by atoms with van der Waals surface area (Å²) in [7, 11) is 0. The molecule has 0 heterocycles. The quantitative estimate of drug-likeness (QED) is 0.541. The zero-order chi connectivity index (χ0) is 8.13. The lowest BCUT2D eigenvalue weighted by Crippen LogP contribution is -1.92. The second-order valence-corrected chi connectivity index (χ2v) is 4.00. The smallest absolute Gasteiger partial charge is 0.00868 e. The first-order chi connectivity index (χ1) is 5.84. The van der Waals surface area contributed by atoms with E-state index in [0.29, 0.717) is 0 Å². The molecular formula is C12H12. The Morgan fingerprint density at radius 1 is 1.33 bits per heavy atom. The molecule has 2 aliphatic carbocycles. The van der Waals surface area contributed by atoms with Gasteiger partial charge in [0.15, 0.2) is 0 Å². The summed E-state index contributed by atoms with van der Waals surface area (Å²) in [6.07, 6.45) is 6.03. The van der Waals surface area contributed by atoms with Crippen molar-refractivity contribution in [2.45, 2.75) is 19.3 Å². The summed E-state index contributed by atoms with van der Waals surface area (Å²) >= 11 is 0. The second kappa shape index (κ2) is 2.01. The molecule has 0 N–H and O–H groups in total. The highest BCUT2D eigenvalue weighted by Gasteiger charge is 2.39. The van der Waals surface area contributed by atoms with Crippen LogP contribution < -0.4 is 0 Å². The second-order valence-electron chi connectivity index (χ2n) is 4.00. The maximum absolute atomic E-state index is 2.36. The topological polar surface area (TPSA) is 0 Å². The maximum atomic E-state index is 2.36. The van der Waals surface area contributed by atoms with Crippen molar-refractivity contribution >= 4 is 6.08 Å². The summed E-state index contributed by atoms with van der Waals surface area (Å²) in [6.45, 7) is 2.18. The van der Waals surface area contributed by atoms with Crippen molar-refractivity contribution in [2.24, 2.45) is 5.92 Å². The highest BCUT2D eigenvalue weighted by atomic mass is 14.4. The maximum Gasteiger partial charge on any atom is -0.00868 e. The van der Waals surface area contributed by atoms with E-state index in [1.807, 2.05) is 0 Å². The van der Waals surface area contributed by atoms with Crippen molar-refractivity contribution in [2.75, 3.05) is 0 Å². The molecule has 0 bridgehead atoms. The molecule has 12 heavy (non-hydrogen) atoms.